The number of hydrogen-bond donors (Lipinski definition) is 5. The van der Waals surface area contributed by atoms with Crippen molar-refractivity contribution < 1.29 is 37.3 Å². The molecule has 0 aliphatic carbocycles. The van der Waals surface area contributed by atoms with Crippen molar-refractivity contribution >= 4 is 17.9 Å². The lowest BCUT2D eigenvalue weighted by molar-refractivity contribution is 0.116. The maximum atomic E-state index is 10.5. The van der Waals surface area contributed by atoms with Crippen molar-refractivity contribution in [1.82, 2.24) is 9.80 Å². The first kappa shape index (κ1) is 19.9. The number of piperazine rings is 1. The Morgan fingerprint density at radius 1 is 0.950 bits per heavy atom. The SMILES string of the molecule is O=P(O)(O)O.O=S(=O)(O)CCN1CCN(CCO)CC1. The van der Waals surface area contributed by atoms with E-state index >= 15 is 0 Å². The van der Waals surface area contributed by atoms with Gasteiger partial charge in [-0.05, 0) is 0 Å². The van der Waals surface area contributed by atoms with Gasteiger partial charge in [0.05, 0.1) is 12.4 Å². The number of aliphatic hydroxyl groups is 1. The van der Waals surface area contributed by atoms with Crippen molar-refractivity contribution in [2.24, 2.45) is 0 Å². The van der Waals surface area contributed by atoms with Crippen molar-refractivity contribution in [2.45, 2.75) is 0 Å². The first-order valence-electron chi connectivity index (χ1n) is 5.80. The maximum Gasteiger partial charge on any atom is 0.466 e. The summed E-state index contributed by atoms with van der Waals surface area (Å²) in [6.07, 6.45) is 0. The maximum absolute atomic E-state index is 10.5. The summed E-state index contributed by atoms with van der Waals surface area (Å²) < 4.78 is 38.5. The summed E-state index contributed by atoms with van der Waals surface area (Å²) in [5.41, 5.74) is 0. The van der Waals surface area contributed by atoms with Gasteiger partial charge in [0.2, 0.25) is 0 Å². The molecule has 1 fully saturated rings. The predicted molar refractivity (Wildman–Crippen MR) is 70.6 cm³/mol. The molecule has 0 bridgehead atoms. The Morgan fingerprint density at radius 2 is 1.30 bits per heavy atom. The highest BCUT2D eigenvalue weighted by atomic mass is 32.2. The molecule has 0 spiro atoms. The molecule has 1 aliphatic heterocycles. The highest BCUT2D eigenvalue weighted by Crippen LogP contribution is 2.25. The zero-order valence-electron chi connectivity index (χ0n) is 10.9. The Morgan fingerprint density at radius 3 is 1.60 bits per heavy atom. The Balaban J connectivity index is 0.000000621. The van der Waals surface area contributed by atoms with Gasteiger partial charge in [0, 0.05) is 39.3 Å². The minimum atomic E-state index is -4.64. The number of aliphatic hydroxyl groups excluding tert-OH is 1. The zero-order valence-corrected chi connectivity index (χ0v) is 12.6. The monoisotopic (exact) mass is 336 g/mol. The van der Waals surface area contributed by atoms with E-state index in [2.05, 4.69) is 4.90 Å². The van der Waals surface area contributed by atoms with E-state index in [1.807, 2.05) is 4.90 Å². The minimum absolute atomic E-state index is 0.158. The summed E-state index contributed by atoms with van der Waals surface area (Å²) in [5.74, 6) is -0.201. The van der Waals surface area contributed by atoms with Gasteiger partial charge < -0.3 is 19.8 Å². The lowest BCUT2D eigenvalue weighted by atomic mass is 10.3. The third-order valence-corrected chi connectivity index (χ3v) is 3.25. The summed E-state index contributed by atoms with van der Waals surface area (Å²) in [4.78, 5) is 25.7. The van der Waals surface area contributed by atoms with Crippen molar-refractivity contribution in [2.75, 3.05) is 51.6 Å². The Hall–Kier alpha value is -0.100. The average Bonchev–Trinajstić information content (AvgIpc) is 2.25. The second kappa shape index (κ2) is 9.03. The summed E-state index contributed by atoms with van der Waals surface area (Å²) in [7, 11) is -8.48. The van der Waals surface area contributed by atoms with Crippen LogP contribution in [0.1, 0.15) is 0 Å². The smallest absolute Gasteiger partial charge is 0.395 e. The molecule has 0 atom stereocenters. The van der Waals surface area contributed by atoms with Crippen molar-refractivity contribution in [3.8, 4) is 0 Å². The van der Waals surface area contributed by atoms with E-state index in [-0.39, 0.29) is 12.4 Å². The van der Waals surface area contributed by atoms with Gasteiger partial charge in [-0.2, -0.15) is 8.42 Å². The first-order valence-corrected chi connectivity index (χ1v) is 8.98. The van der Waals surface area contributed by atoms with Crippen molar-refractivity contribution in [3.63, 3.8) is 0 Å². The third kappa shape index (κ3) is 14.3. The molecule has 0 radical (unpaired) electrons. The van der Waals surface area contributed by atoms with Crippen LogP contribution in [0.3, 0.4) is 0 Å². The number of nitrogens with zero attached hydrogens (tertiary/aromatic N) is 2. The first-order chi connectivity index (χ1) is 9.01. The van der Waals surface area contributed by atoms with Gasteiger partial charge in [-0.15, -0.1) is 0 Å². The lowest BCUT2D eigenvalue weighted by Gasteiger charge is -2.33. The molecule has 5 N–H and O–H groups in total. The number of rotatable bonds is 5. The van der Waals surface area contributed by atoms with Gasteiger partial charge >= 0.3 is 7.82 Å². The fourth-order valence-electron chi connectivity index (χ4n) is 1.62. The molecule has 0 amide bonds. The molecule has 1 heterocycles. The van der Waals surface area contributed by atoms with E-state index in [1.54, 1.807) is 0 Å². The zero-order chi connectivity index (χ0) is 15.8. The highest BCUT2D eigenvalue weighted by molar-refractivity contribution is 7.85. The molecule has 0 saturated carbocycles. The summed E-state index contributed by atoms with van der Waals surface area (Å²) in [5, 5.41) is 8.73. The van der Waals surface area contributed by atoms with Gasteiger partial charge in [0.15, 0.2) is 0 Å². The lowest BCUT2D eigenvalue weighted by Crippen LogP contribution is -2.48. The molecule has 0 unspecified atom stereocenters. The fourth-order valence-corrected chi connectivity index (χ4v) is 2.11. The quantitative estimate of drug-likeness (QED) is 0.269. The Kier molecular flexibility index (Phi) is 8.98. The van der Waals surface area contributed by atoms with Crippen molar-refractivity contribution in [3.05, 3.63) is 0 Å². The van der Waals surface area contributed by atoms with Crippen LogP contribution in [0.15, 0.2) is 0 Å². The summed E-state index contributed by atoms with van der Waals surface area (Å²) in [6, 6.07) is 0. The Bertz CT molecular complexity index is 394. The minimum Gasteiger partial charge on any atom is -0.395 e. The van der Waals surface area contributed by atoms with E-state index in [9.17, 15) is 8.42 Å². The van der Waals surface area contributed by atoms with Gasteiger partial charge in [-0.3, -0.25) is 14.4 Å². The average molecular weight is 336 g/mol. The van der Waals surface area contributed by atoms with Crippen LogP contribution in [-0.4, -0.2) is 94.2 Å². The van der Waals surface area contributed by atoms with Gasteiger partial charge in [-0.1, -0.05) is 0 Å². The van der Waals surface area contributed by atoms with Crippen LogP contribution in [0.25, 0.3) is 0 Å². The molecule has 1 saturated heterocycles. The molecule has 10 nitrogen and oxygen atoms in total. The standard InChI is InChI=1S/C8H18N2O4S.H3O4P/c11-7-5-9-1-3-10(4-2-9)6-8-15(12,13)14;1-5(2,3)4/h11H,1-8H2,(H,12,13,14);(H3,1,2,3,4). The summed E-state index contributed by atoms with van der Waals surface area (Å²) >= 11 is 0. The van der Waals surface area contributed by atoms with Crippen LogP contribution < -0.4 is 0 Å². The normalized spacial score (nSPS) is 18.4. The number of β-amino-alcohol motifs (C(OH)–C–C–N with tert-alkyl or cyclic N) is 1. The molecular weight excluding hydrogens is 315 g/mol. The molecule has 1 rings (SSSR count). The molecule has 122 valence electrons. The molecule has 20 heavy (non-hydrogen) atoms. The van der Waals surface area contributed by atoms with Gasteiger partial charge in [-0.25, -0.2) is 4.57 Å². The van der Waals surface area contributed by atoms with E-state index in [0.29, 0.717) is 13.1 Å². The predicted octanol–water partition coefficient (Wildman–Crippen LogP) is -2.44. The molecule has 12 heteroatoms. The summed E-state index contributed by atoms with van der Waals surface area (Å²) in [6.45, 7) is 4.46. The highest BCUT2D eigenvalue weighted by Gasteiger charge is 2.17. The molecule has 0 aromatic heterocycles. The van der Waals surface area contributed by atoms with Crippen LogP contribution >= 0.6 is 7.82 Å². The van der Waals surface area contributed by atoms with E-state index in [1.165, 1.54) is 0 Å². The van der Waals surface area contributed by atoms with Gasteiger partial charge in [0.1, 0.15) is 0 Å². The van der Waals surface area contributed by atoms with Crippen LogP contribution in [0.5, 0.6) is 0 Å². The second-order valence-corrected chi connectivity index (χ2v) is 6.80. The number of phosphoric acid groups is 1. The molecule has 0 aromatic carbocycles. The van der Waals surface area contributed by atoms with Crippen LogP contribution in [0, 0.1) is 0 Å². The number of hydrogen-bond acceptors (Lipinski definition) is 6. The topological polar surface area (TPSA) is 159 Å². The molecule has 1 aliphatic rings. The van der Waals surface area contributed by atoms with Crippen molar-refractivity contribution in [1.29, 1.82) is 0 Å². The van der Waals surface area contributed by atoms with E-state index in [0.717, 1.165) is 26.2 Å². The van der Waals surface area contributed by atoms with E-state index in [4.69, 9.17) is 28.9 Å². The molecule has 0 aromatic rings. The van der Waals surface area contributed by atoms with Crippen LogP contribution in [0.2, 0.25) is 0 Å². The van der Waals surface area contributed by atoms with E-state index < -0.39 is 17.9 Å². The van der Waals surface area contributed by atoms with Crippen LogP contribution in [0.4, 0.5) is 0 Å². The third-order valence-electron chi connectivity index (χ3n) is 2.55. The Labute approximate surface area is 117 Å². The second-order valence-electron chi connectivity index (χ2n) is 4.21. The molecular formula is C8H21N2O8PS. The van der Waals surface area contributed by atoms with Gasteiger partial charge in [0.25, 0.3) is 10.1 Å². The van der Waals surface area contributed by atoms with Crippen LogP contribution in [-0.2, 0) is 14.7 Å². The largest absolute Gasteiger partial charge is 0.466 e. The fraction of sp³-hybridized carbons (Fsp3) is 1.00.